The van der Waals surface area contributed by atoms with Crippen molar-refractivity contribution in [2.75, 3.05) is 43.9 Å². The van der Waals surface area contributed by atoms with Crippen LogP contribution in [0.5, 0.6) is 0 Å². The molecule has 4 rings (SSSR count). The fourth-order valence-corrected chi connectivity index (χ4v) is 6.00. The van der Waals surface area contributed by atoms with Gasteiger partial charge in [-0.1, -0.05) is 0 Å². The number of amides is 1. The first kappa shape index (κ1) is 17.7. The maximum absolute atomic E-state index is 13.1. The third-order valence-electron chi connectivity index (χ3n) is 6.34. The quantitative estimate of drug-likeness (QED) is 0.745. The van der Waals surface area contributed by atoms with Gasteiger partial charge >= 0.3 is 0 Å². The average Bonchev–Trinajstić information content (AvgIpc) is 3.15. The van der Waals surface area contributed by atoms with E-state index >= 15 is 0 Å². The number of nitrogens with zero attached hydrogens (tertiary/aromatic N) is 5. The van der Waals surface area contributed by atoms with Gasteiger partial charge in [-0.05, 0) is 25.8 Å². The summed E-state index contributed by atoms with van der Waals surface area (Å²) >= 11 is 0. The van der Waals surface area contributed by atoms with E-state index < -0.39 is 10.0 Å². The zero-order chi connectivity index (χ0) is 18.5. The van der Waals surface area contributed by atoms with Crippen LogP contribution in [-0.2, 0) is 14.8 Å². The number of likely N-dealkylation sites (tertiary alicyclic amines) is 1. The van der Waals surface area contributed by atoms with Gasteiger partial charge in [0.1, 0.15) is 0 Å². The van der Waals surface area contributed by atoms with Crippen molar-refractivity contribution < 1.29 is 13.2 Å². The topological polar surface area (TPSA) is 86.7 Å². The zero-order valence-corrected chi connectivity index (χ0v) is 16.0. The summed E-state index contributed by atoms with van der Waals surface area (Å²) in [6.45, 7) is 5.03. The predicted molar refractivity (Wildman–Crippen MR) is 97.0 cm³/mol. The highest BCUT2D eigenvalue weighted by molar-refractivity contribution is 7.88. The molecule has 1 spiro atoms. The van der Waals surface area contributed by atoms with Crippen LogP contribution in [0.25, 0.3) is 0 Å². The number of rotatable bonds is 3. The summed E-state index contributed by atoms with van der Waals surface area (Å²) < 4.78 is 25.3. The Kier molecular flexibility index (Phi) is 4.18. The number of hydrogen-bond donors (Lipinski definition) is 0. The number of piperidine rings is 1. The summed E-state index contributed by atoms with van der Waals surface area (Å²) in [7, 11) is -3.19. The molecule has 4 heterocycles. The Labute approximate surface area is 154 Å². The number of carbonyl (C=O) groups is 1. The summed E-state index contributed by atoms with van der Waals surface area (Å²) in [5.74, 6) is 1.01. The normalized spacial score (nSPS) is 28.8. The summed E-state index contributed by atoms with van der Waals surface area (Å²) in [6, 6.07) is 1.78. The highest BCUT2D eigenvalue weighted by atomic mass is 32.2. The lowest BCUT2D eigenvalue weighted by Gasteiger charge is -2.47. The second-order valence-electron chi connectivity index (χ2n) is 7.51. The second-order valence-corrected chi connectivity index (χ2v) is 9.50. The van der Waals surface area contributed by atoms with Crippen molar-refractivity contribution in [2.45, 2.75) is 25.3 Å². The molecule has 0 bridgehead atoms. The van der Waals surface area contributed by atoms with Crippen LogP contribution < -0.4 is 4.90 Å². The first-order valence-corrected chi connectivity index (χ1v) is 11.0. The number of fused-ring (bicyclic) bond motifs is 2. The van der Waals surface area contributed by atoms with Crippen LogP contribution in [0.1, 0.15) is 19.8 Å². The van der Waals surface area contributed by atoms with Gasteiger partial charge in [0.2, 0.25) is 21.9 Å². The maximum atomic E-state index is 13.1. The zero-order valence-electron chi connectivity index (χ0n) is 15.2. The number of sulfonamides is 1. The lowest BCUT2D eigenvalue weighted by atomic mass is 9.75. The van der Waals surface area contributed by atoms with Crippen LogP contribution in [-0.4, -0.2) is 78.0 Å². The van der Waals surface area contributed by atoms with Gasteiger partial charge in [-0.25, -0.2) is 22.7 Å². The molecule has 0 aliphatic carbocycles. The Morgan fingerprint density at radius 1 is 1.19 bits per heavy atom. The minimum absolute atomic E-state index is 0.0523. The van der Waals surface area contributed by atoms with Crippen molar-refractivity contribution >= 4 is 21.9 Å². The van der Waals surface area contributed by atoms with Gasteiger partial charge in [0, 0.05) is 51.0 Å². The second kappa shape index (κ2) is 6.16. The fourth-order valence-electron chi connectivity index (χ4n) is 5.15. The number of anilines is 1. The van der Waals surface area contributed by atoms with Gasteiger partial charge in [0.05, 0.1) is 17.7 Å². The van der Waals surface area contributed by atoms with Gasteiger partial charge < -0.3 is 9.80 Å². The molecule has 0 radical (unpaired) electrons. The Balaban J connectivity index is 1.61. The van der Waals surface area contributed by atoms with Crippen LogP contribution in [0, 0.1) is 11.8 Å². The first-order valence-electron chi connectivity index (χ1n) is 9.15. The molecular formula is C17H25N5O3S. The molecule has 2 atom stereocenters. The van der Waals surface area contributed by atoms with Crippen LogP contribution in [0.4, 0.5) is 5.95 Å². The van der Waals surface area contributed by atoms with E-state index in [9.17, 15) is 13.2 Å². The predicted octanol–water partition coefficient (Wildman–Crippen LogP) is 0.185. The summed E-state index contributed by atoms with van der Waals surface area (Å²) in [6.07, 6.45) is 6.10. The molecule has 0 saturated carbocycles. The molecule has 1 aromatic heterocycles. The molecular weight excluding hydrogens is 354 g/mol. The van der Waals surface area contributed by atoms with E-state index in [2.05, 4.69) is 14.9 Å². The molecule has 9 heteroatoms. The van der Waals surface area contributed by atoms with Crippen LogP contribution in [0.15, 0.2) is 18.5 Å². The first-order chi connectivity index (χ1) is 12.4. The van der Waals surface area contributed by atoms with Crippen LogP contribution in [0.2, 0.25) is 0 Å². The van der Waals surface area contributed by atoms with Gasteiger partial charge in [0.15, 0.2) is 0 Å². The number of aromatic nitrogens is 2. The molecule has 1 amide bonds. The largest absolute Gasteiger partial charge is 0.340 e. The van der Waals surface area contributed by atoms with Crippen molar-refractivity contribution in [1.82, 2.24) is 19.2 Å². The van der Waals surface area contributed by atoms with Crippen molar-refractivity contribution in [2.24, 2.45) is 11.8 Å². The van der Waals surface area contributed by atoms with Crippen LogP contribution in [0.3, 0.4) is 0 Å². The van der Waals surface area contributed by atoms with E-state index in [4.69, 9.17) is 0 Å². The molecule has 0 unspecified atom stereocenters. The minimum atomic E-state index is -3.19. The number of carbonyl (C=O) groups excluding carboxylic acids is 1. The molecule has 3 aliphatic rings. The van der Waals surface area contributed by atoms with Crippen molar-refractivity contribution in [3.63, 3.8) is 0 Å². The Morgan fingerprint density at radius 3 is 2.42 bits per heavy atom. The molecule has 3 saturated heterocycles. The molecule has 26 heavy (non-hydrogen) atoms. The van der Waals surface area contributed by atoms with Crippen molar-refractivity contribution in [3.05, 3.63) is 18.5 Å². The number of hydrogen-bond acceptors (Lipinski definition) is 6. The summed E-state index contributed by atoms with van der Waals surface area (Å²) in [5.41, 5.74) is -0.249. The van der Waals surface area contributed by atoms with E-state index in [0.29, 0.717) is 45.0 Å². The molecule has 8 nitrogen and oxygen atoms in total. The Bertz CT molecular complexity index is 792. The summed E-state index contributed by atoms with van der Waals surface area (Å²) in [4.78, 5) is 25.9. The Morgan fingerprint density at radius 2 is 1.85 bits per heavy atom. The third kappa shape index (κ3) is 2.60. The van der Waals surface area contributed by atoms with Gasteiger partial charge in [-0.15, -0.1) is 0 Å². The average molecular weight is 379 g/mol. The highest BCUT2D eigenvalue weighted by Gasteiger charge is 2.61. The lowest BCUT2D eigenvalue weighted by Crippen LogP contribution is -2.57. The summed E-state index contributed by atoms with van der Waals surface area (Å²) in [5, 5.41) is 0. The molecule has 0 N–H and O–H groups in total. The lowest BCUT2D eigenvalue weighted by molar-refractivity contribution is -0.134. The van der Waals surface area contributed by atoms with Gasteiger partial charge in [-0.2, -0.15) is 0 Å². The minimum Gasteiger partial charge on any atom is -0.340 e. The molecule has 3 aliphatic heterocycles. The third-order valence-corrected chi connectivity index (χ3v) is 7.64. The SMILES string of the molecule is CCN1C(=O)[C@H]2CN(c3ncccn3)C[C@H]2C12CCN(S(C)(=O)=O)CC2. The molecule has 0 aromatic carbocycles. The smallest absolute Gasteiger partial charge is 0.228 e. The molecule has 142 valence electrons. The maximum Gasteiger partial charge on any atom is 0.228 e. The Hall–Kier alpha value is -1.74. The molecule has 1 aromatic rings. The fraction of sp³-hybridized carbons (Fsp3) is 0.706. The van der Waals surface area contributed by atoms with E-state index in [-0.39, 0.29) is 23.3 Å². The van der Waals surface area contributed by atoms with Crippen molar-refractivity contribution in [3.8, 4) is 0 Å². The highest BCUT2D eigenvalue weighted by Crippen LogP contribution is 2.50. The van der Waals surface area contributed by atoms with Gasteiger partial charge in [-0.3, -0.25) is 4.79 Å². The van der Waals surface area contributed by atoms with E-state index in [1.807, 2.05) is 11.8 Å². The monoisotopic (exact) mass is 379 g/mol. The van der Waals surface area contributed by atoms with E-state index in [1.54, 1.807) is 18.5 Å². The van der Waals surface area contributed by atoms with Crippen LogP contribution >= 0.6 is 0 Å². The van der Waals surface area contributed by atoms with Crippen molar-refractivity contribution in [1.29, 1.82) is 0 Å². The molecule has 3 fully saturated rings. The van der Waals surface area contributed by atoms with E-state index in [1.165, 1.54) is 10.6 Å². The van der Waals surface area contributed by atoms with E-state index in [0.717, 1.165) is 6.54 Å². The standard InChI is InChI=1S/C17H25N5O3S/c1-3-22-15(23)13-11-20(16-18-7-4-8-19-16)12-14(13)17(22)5-9-21(10-6-17)26(2,24)25/h4,7-8,13-14H,3,5-6,9-12H2,1-2H3/t13-,14+/m0/s1. The van der Waals surface area contributed by atoms with Gasteiger partial charge in [0.25, 0.3) is 0 Å².